The van der Waals surface area contributed by atoms with Crippen molar-refractivity contribution in [3.63, 3.8) is 0 Å². The Balaban J connectivity index is 1.74. The molecule has 0 saturated heterocycles. The highest BCUT2D eigenvalue weighted by molar-refractivity contribution is 9.10. The molecule has 0 aliphatic rings. The van der Waals surface area contributed by atoms with Crippen molar-refractivity contribution in [2.45, 2.75) is 9.79 Å². The van der Waals surface area contributed by atoms with Crippen LogP contribution in [0.2, 0.25) is 0 Å². The molecule has 0 saturated carbocycles. The monoisotopic (exact) mass is 473 g/mol. The van der Waals surface area contributed by atoms with Gasteiger partial charge in [-0.15, -0.1) is 0 Å². The van der Waals surface area contributed by atoms with Crippen LogP contribution in [0.3, 0.4) is 0 Å². The summed E-state index contributed by atoms with van der Waals surface area (Å²) in [7, 11) is 0. The fourth-order valence-electron chi connectivity index (χ4n) is 2.33. The standard InChI is InChI=1S/C19H12BrN3O5S/c20-18-10-15(23(27)28)9-12(19(18)24)11-21-13-1-5-16(6-2-13)29-17-7-3-14(4-8-17)22(25)26/h1-11,24H. The summed E-state index contributed by atoms with van der Waals surface area (Å²) in [5.41, 5.74) is 0.691. The summed E-state index contributed by atoms with van der Waals surface area (Å²) in [5, 5.41) is 31.7. The van der Waals surface area contributed by atoms with E-state index in [1.54, 1.807) is 24.3 Å². The lowest BCUT2D eigenvalue weighted by atomic mass is 10.2. The second kappa shape index (κ2) is 8.84. The van der Waals surface area contributed by atoms with Gasteiger partial charge < -0.3 is 5.11 Å². The highest BCUT2D eigenvalue weighted by atomic mass is 79.9. The molecule has 0 spiro atoms. The van der Waals surface area contributed by atoms with Gasteiger partial charge in [0.15, 0.2) is 0 Å². The van der Waals surface area contributed by atoms with E-state index in [0.29, 0.717) is 5.69 Å². The number of nitro groups is 2. The van der Waals surface area contributed by atoms with E-state index in [2.05, 4.69) is 20.9 Å². The molecule has 29 heavy (non-hydrogen) atoms. The van der Waals surface area contributed by atoms with Gasteiger partial charge in [-0.25, -0.2) is 0 Å². The molecule has 1 N–H and O–H groups in total. The highest BCUT2D eigenvalue weighted by Crippen LogP contribution is 2.33. The molecule has 3 rings (SSSR count). The predicted octanol–water partition coefficient (Wildman–Crippen LogP) is 5.87. The number of nitrogens with zero attached hydrogens (tertiary/aromatic N) is 3. The van der Waals surface area contributed by atoms with Gasteiger partial charge in [0.1, 0.15) is 5.75 Å². The molecular weight excluding hydrogens is 462 g/mol. The second-order valence-electron chi connectivity index (χ2n) is 5.73. The third-order valence-electron chi connectivity index (χ3n) is 3.76. The van der Waals surface area contributed by atoms with Crippen molar-refractivity contribution in [1.29, 1.82) is 0 Å². The summed E-state index contributed by atoms with van der Waals surface area (Å²) < 4.78 is 0.211. The molecule has 0 atom stereocenters. The van der Waals surface area contributed by atoms with Crippen molar-refractivity contribution in [2.75, 3.05) is 0 Å². The summed E-state index contributed by atoms with van der Waals surface area (Å²) in [6.07, 6.45) is 1.35. The first kappa shape index (κ1) is 20.5. The van der Waals surface area contributed by atoms with Gasteiger partial charge in [0.05, 0.1) is 20.0 Å². The van der Waals surface area contributed by atoms with E-state index in [9.17, 15) is 25.3 Å². The van der Waals surface area contributed by atoms with E-state index < -0.39 is 9.85 Å². The molecule has 0 aromatic heterocycles. The first-order chi connectivity index (χ1) is 13.8. The fourth-order valence-corrected chi connectivity index (χ4v) is 3.61. The van der Waals surface area contributed by atoms with Gasteiger partial charge in [0.2, 0.25) is 0 Å². The van der Waals surface area contributed by atoms with Gasteiger partial charge in [0, 0.05) is 45.8 Å². The zero-order valence-corrected chi connectivity index (χ0v) is 17.0. The van der Waals surface area contributed by atoms with E-state index in [4.69, 9.17) is 0 Å². The van der Waals surface area contributed by atoms with E-state index in [0.717, 1.165) is 9.79 Å². The lowest BCUT2D eigenvalue weighted by Gasteiger charge is -2.03. The van der Waals surface area contributed by atoms with Crippen LogP contribution in [0.1, 0.15) is 5.56 Å². The summed E-state index contributed by atoms with van der Waals surface area (Å²) in [6, 6.07) is 15.9. The summed E-state index contributed by atoms with van der Waals surface area (Å²) >= 11 is 4.53. The van der Waals surface area contributed by atoms with Crippen LogP contribution < -0.4 is 0 Å². The van der Waals surface area contributed by atoms with Crippen LogP contribution >= 0.6 is 27.7 Å². The van der Waals surface area contributed by atoms with Crippen LogP contribution in [0.4, 0.5) is 17.1 Å². The van der Waals surface area contributed by atoms with Crippen molar-refractivity contribution in [3.8, 4) is 5.75 Å². The van der Waals surface area contributed by atoms with Crippen molar-refractivity contribution >= 4 is 51.0 Å². The van der Waals surface area contributed by atoms with Crippen LogP contribution in [-0.2, 0) is 0 Å². The van der Waals surface area contributed by atoms with Gasteiger partial charge in [-0.2, -0.15) is 0 Å². The molecule has 0 heterocycles. The fraction of sp³-hybridized carbons (Fsp3) is 0. The maximum atomic E-state index is 11.0. The highest BCUT2D eigenvalue weighted by Gasteiger charge is 2.13. The maximum absolute atomic E-state index is 11.0. The SMILES string of the molecule is O=[N+]([O-])c1ccc(Sc2ccc(N=Cc3cc([N+](=O)[O-])cc(Br)c3O)cc2)cc1. The first-order valence-corrected chi connectivity index (χ1v) is 9.68. The number of hydrogen-bond donors (Lipinski definition) is 1. The summed E-state index contributed by atoms with van der Waals surface area (Å²) in [6.45, 7) is 0. The van der Waals surface area contributed by atoms with Gasteiger partial charge >= 0.3 is 0 Å². The molecular formula is C19H12BrN3O5S. The number of phenolic OH excluding ortho intramolecular Hbond substituents is 1. The second-order valence-corrected chi connectivity index (χ2v) is 7.73. The molecule has 0 unspecified atom stereocenters. The zero-order valence-electron chi connectivity index (χ0n) is 14.6. The summed E-state index contributed by atoms with van der Waals surface area (Å²) in [4.78, 5) is 26.7. The van der Waals surface area contributed by atoms with Crippen molar-refractivity contribution in [2.24, 2.45) is 4.99 Å². The lowest BCUT2D eigenvalue weighted by Crippen LogP contribution is -1.91. The number of phenols is 1. The average molecular weight is 474 g/mol. The Kier molecular flexibility index (Phi) is 6.25. The number of aliphatic imine (C=N–C) groups is 1. The Morgan fingerprint density at radius 3 is 2.00 bits per heavy atom. The Labute approximate surface area is 177 Å². The largest absolute Gasteiger partial charge is 0.506 e. The normalized spacial score (nSPS) is 10.9. The molecule has 146 valence electrons. The van der Waals surface area contributed by atoms with E-state index in [1.165, 1.54) is 42.2 Å². The molecule has 0 amide bonds. The van der Waals surface area contributed by atoms with Gasteiger partial charge in [-0.05, 0) is 52.3 Å². The third kappa shape index (κ3) is 5.18. The first-order valence-electron chi connectivity index (χ1n) is 8.07. The van der Waals surface area contributed by atoms with Crippen molar-refractivity contribution < 1.29 is 15.0 Å². The van der Waals surface area contributed by atoms with E-state index in [-0.39, 0.29) is 27.2 Å². The number of halogens is 1. The number of non-ortho nitro benzene ring substituents is 2. The minimum atomic E-state index is -0.550. The molecule has 0 aliphatic carbocycles. The number of rotatable bonds is 6. The van der Waals surface area contributed by atoms with Gasteiger partial charge in [0.25, 0.3) is 11.4 Å². The van der Waals surface area contributed by atoms with Crippen LogP contribution in [0.15, 0.2) is 79.9 Å². The molecule has 0 bridgehead atoms. The predicted molar refractivity (Wildman–Crippen MR) is 113 cm³/mol. The Bertz CT molecular complexity index is 1100. The Hall–Kier alpha value is -3.24. The topological polar surface area (TPSA) is 119 Å². The molecule has 0 radical (unpaired) electrons. The van der Waals surface area contributed by atoms with Crippen molar-refractivity contribution in [3.05, 3.63) is 90.9 Å². The quantitative estimate of drug-likeness (QED) is 0.271. The number of aromatic hydroxyl groups is 1. The van der Waals surface area contributed by atoms with Gasteiger partial charge in [-0.1, -0.05) is 11.8 Å². The third-order valence-corrected chi connectivity index (χ3v) is 5.38. The van der Waals surface area contributed by atoms with E-state index in [1.807, 2.05) is 12.1 Å². The Morgan fingerprint density at radius 1 is 0.897 bits per heavy atom. The van der Waals surface area contributed by atoms with Gasteiger partial charge in [-0.3, -0.25) is 25.2 Å². The Morgan fingerprint density at radius 2 is 1.45 bits per heavy atom. The smallest absolute Gasteiger partial charge is 0.271 e. The number of nitro benzene ring substituents is 2. The van der Waals surface area contributed by atoms with E-state index >= 15 is 0 Å². The van der Waals surface area contributed by atoms with Crippen LogP contribution in [0.5, 0.6) is 5.75 Å². The van der Waals surface area contributed by atoms with Crippen LogP contribution in [0, 0.1) is 20.2 Å². The average Bonchev–Trinajstić information content (AvgIpc) is 2.70. The molecule has 0 fully saturated rings. The van der Waals surface area contributed by atoms with Crippen molar-refractivity contribution in [1.82, 2.24) is 0 Å². The number of benzene rings is 3. The molecule has 10 heteroatoms. The number of hydrogen-bond acceptors (Lipinski definition) is 7. The minimum absolute atomic E-state index is 0.0371. The zero-order chi connectivity index (χ0) is 21.0. The lowest BCUT2D eigenvalue weighted by molar-refractivity contribution is -0.385. The maximum Gasteiger partial charge on any atom is 0.271 e. The molecule has 0 aliphatic heterocycles. The summed E-state index contributed by atoms with van der Waals surface area (Å²) in [5.74, 6) is -0.135. The minimum Gasteiger partial charge on any atom is -0.506 e. The van der Waals surface area contributed by atoms with Crippen LogP contribution in [-0.4, -0.2) is 21.2 Å². The molecule has 8 nitrogen and oxygen atoms in total. The molecule has 3 aromatic rings. The van der Waals surface area contributed by atoms with Crippen LogP contribution in [0.25, 0.3) is 0 Å². The molecule has 3 aromatic carbocycles.